The molecule has 3 rings (SSSR count). The molecule has 1 unspecified atom stereocenters. The monoisotopic (exact) mass is 535 g/mol. The van der Waals surface area contributed by atoms with Crippen LogP contribution in [-0.4, -0.2) is 41.5 Å². The van der Waals surface area contributed by atoms with E-state index in [-0.39, 0.29) is 32.1 Å². The molecule has 0 aliphatic rings. The fraction of sp³-hybridized carbons (Fsp3) is 0.300. The van der Waals surface area contributed by atoms with Gasteiger partial charge < -0.3 is 19.5 Å². The van der Waals surface area contributed by atoms with Crippen molar-refractivity contribution in [2.45, 2.75) is 45.3 Å². The van der Waals surface area contributed by atoms with Crippen LogP contribution in [0.3, 0.4) is 0 Å². The Morgan fingerprint density at radius 2 is 1.18 bits per heavy atom. The molecule has 0 bridgehead atoms. The van der Waals surface area contributed by atoms with E-state index in [0.717, 1.165) is 16.7 Å². The Hall–Kier alpha value is -3.62. The maximum atomic E-state index is 12.8. The van der Waals surface area contributed by atoms with Crippen molar-refractivity contribution in [1.29, 1.82) is 0 Å². The van der Waals surface area contributed by atoms with Crippen molar-refractivity contribution in [2.24, 2.45) is 0 Å². The molecule has 2 atom stereocenters. The molecule has 0 spiro atoms. The second kappa shape index (κ2) is 16.3. The molecule has 0 aliphatic heterocycles. The zero-order chi connectivity index (χ0) is 27.0. The van der Waals surface area contributed by atoms with Gasteiger partial charge in [0.05, 0.1) is 6.61 Å². The Morgan fingerprint density at radius 1 is 0.711 bits per heavy atom. The average molecular weight is 536 g/mol. The van der Waals surface area contributed by atoms with Gasteiger partial charge in [0, 0.05) is 17.9 Å². The predicted octanol–water partition coefficient (Wildman–Crippen LogP) is 4.69. The third kappa shape index (κ3) is 10.8. The molecule has 0 fully saturated rings. The van der Waals surface area contributed by atoms with Crippen molar-refractivity contribution in [1.82, 2.24) is 5.32 Å². The summed E-state index contributed by atoms with van der Waals surface area (Å²) in [6.45, 7) is 2.18. The van der Waals surface area contributed by atoms with E-state index in [1.54, 1.807) is 6.92 Å². The summed E-state index contributed by atoms with van der Waals surface area (Å²) in [5.74, 6) is -0.422. The van der Waals surface area contributed by atoms with E-state index in [1.165, 1.54) is 11.8 Å². The lowest BCUT2D eigenvalue weighted by Gasteiger charge is -2.17. The summed E-state index contributed by atoms with van der Waals surface area (Å²) in [4.78, 5) is 37.3. The largest absolute Gasteiger partial charge is 0.459 e. The summed E-state index contributed by atoms with van der Waals surface area (Å²) in [5, 5.41) is 2.66. The predicted molar refractivity (Wildman–Crippen MR) is 147 cm³/mol. The van der Waals surface area contributed by atoms with E-state index >= 15 is 0 Å². The van der Waals surface area contributed by atoms with Gasteiger partial charge in [-0.25, -0.2) is 9.59 Å². The van der Waals surface area contributed by atoms with Gasteiger partial charge in [-0.05, 0) is 23.6 Å². The molecular formula is C30H33NO6S. The number of thioether (sulfide) groups is 1. The lowest BCUT2D eigenvalue weighted by atomic mass is 10.2. The van der Waals surface area contributed by atoms with Gasteiger partial charge in [-0.3, -0.25) is 4.79 Å². The van der Waals surface area contributed by atoms with Crippen LogP contribution in [0.25, 0.3) is 0 Å². The Bertz CT molecular complexity index is 1130. The minimum atomic E-state index is -0.779. The molecule has 1 N–H and O–H groups in total. The van der Waals surface area contributed by atoms with Crippen LogP contribution >= 0.6 is 11.8 Å². The topological polar surface area (TPSA) is 90.9 Å². The lowest BCUT2D eigenvalue weighted by molar-refractivity contribution is -0.157. The lowest BCUT2D eigenvalue weighted by Crippen LogP contribution is -2.39. The Labute approximate surface area is 227 Å². The van der Waals surface area contributed by atoms with Crippen LogP contribution in [-0.2, 0) is 48.4 Å². The first-order valence-corrected chi connectivity index (χ1v) is 13.6. The number of ether oxygens (including phenoxy) is 3. The molecule has 200 valence electrons. The molecule has 0 saturated heterocycles. The quantitative estimate of drug-likeness (QED) is 0.223. The fourth-order valence-corrected chi connectivity index (χ4v) is 4.30. The molecule has 0 radical (unpaired) electrons. The minimum Gasteiger partial charge on any atom is -0.459 e. The van der Waals surface area contributed by atoms with E-state index in [1.807, 2.05) is 91.0 Å². The van der Waals surface area contributed by atoms with Crippen LogP contribution in [0.15, 0.2) is 91.0 Å². The van der Waals surface area contributed by atoms with Crippen LogP contribution in [0.1, 0.15) is 30.0 Å². The number of hydrogen-bond donors (Lipinski definition) is 1. The molecule has 3 aromatic carbocycles. The highest BCUT2D eigenvalue weighted by atomic mass is 32.2. The highest BCUT2D eigenvalue weighted by molar-refractivity contribution is 7.99. The van der Waals surface area contributed by atoms with Crippen molar-refractivity contribution in [3.05, 3.63) is 108 Å². The Morgan fingerprint density at radius 3 is 1.71 bits per heavy atom. The van der Waals surface area contributed by atoms with Crippen LogP contribution in [0, 0.1) is 0 Å². The molecule has 3 aromatic rings. The van der Waals surface area contributed by atoms with Gasteiger partial charge >= 0.3 is 11.9 Å². The first-order chi connectivity index (χ1) is 18.5. The number of esters is 2. The van der Waals surface area contributed by atoms with Gasteiger partial charge in [0.25, 0.3) is 0 Å². The van der Waals surface area contributed by atoms with Crippen molar-refractivity contribution < 1.29 is 28.6 Å². The standard InChI is InChI=1S/C30H33NO6S/c1-23(29(33)36-20-25-13-7-3-8-14-25)31-28(32)17-18-38-22-27(35-19-24-11-5-2-6-12-24)30(34)37-21-26-15-9-4-10-16-26/h2-16,23,27H,17-22H2,1H3,(H,31,32)/t23-,27?/m1/s1. The molecule has 0 aromatic heterocycles. The van der Waals surface area contributed by atoms with E-state index in [4.69, 9.17) is 14.2 Å². The smallest absolute Gasteiger partial charge is 0.336 e. The molecule has 0 aliphatic carbocycles. The molecule has 38 heavy (non-hydrogen) atoms. The summed E-state index contributed by atoms with van der Waals surface area (Å²) in [5.41, 5.74) is 2.72. The summed E-state index contributed by atoms with van der Waals surface area (Å²) < 4.78 is 16.6. The summed E-state index contributed by atoms with van der Waals surface area (Å²) in [6.07, 6.45) is -0.593. The number of benzene rings is 3. The average Bonchev–Trinajstić information content (AvgIpc) is 2.95. The molecule has 0 saturated carbocycles. The zero-order valence-corrected chi connectivity index (χ0v) is 22.2. The number of amides is 1. The van der Waals surface area contributed by atoms with E-state index in [2.05, 4.69) is 5.32 Å². The van der Waals surface area contributed by atoms with Gasteiger partial charge in [-0.2, -0.15) is 11.8 Å². The summed E-state index contributed by atoms with van der Waals surface area (Å²) in [7, 11) is 0. The molecule has 1 amide bonds. The second-order valence-electron chi connectivity index (χ2n) is 8.59. The van der Waals surface area contributed by atoms with Crippen LogP contribution in [0.4, 0.5) is 0 Å². The van der Waals surface area contributed by atoms with Crippen molar-refractivity contribution in [2.75, 3.05) is 11.5 Å². The Kier molecular flexibility index (Phi) is 12.4. The number of nitrogens with one attached hydrogen (secondary N) is 1. The number of hydrogen-bond acceptors (Lipinski definition) is 7. The highest BCUT2D eigenvalue weighted by Crippen LogP contribution is 2.13. The van der Waals surface area contributed by atoms with Crippen LogP contribution < -0.4 is 5.32 Å². The normalized spacial score (nSPS) is 12.2. The second-order valence-corrected chi connectivity index (χ2v) is 9.74. The molecular weight excluding hydrogens is 502 g/mol. The minimum absolute atomic E-state index is 0.153. The highest BCUT2D eigenvalue weighted by Gasteiger charge is 2.22. The first kappa shape index (κ1) is 28.9. The Balaban J connectivity index is 1.40. The molecule has 0 heterocycles. The van der Waals surface area contributed by atoms with Gasteiger partial charge in [-0.1, -0.05) is 91.0 Å². The summed E-state index contributed by atoms with van der Waals surface area (Å²) >= 11 is 1.42. The van der Waals surface area contributed by atoms with Gasteiger partial charge in [0.15, 0.2) is 6.10 Å². The number of carbonyl (C=O) groups is 3. The molecule has 8 heteroatoms. The van der Waals surface area contributed by atoms with E-state index in [9.17, 15) is 14.4 Å². The maximum Gasteiger partial charge on any atom is 0.336 e. The summed E-state index contributed by atoms with van der Waals surface area (Å²) in [6, 6.07) is 27.6. The van der Waals surface area contributed by atoms with Crippen LogP contribution in [0.2, 0.25) is 0 Å². The van der Waals surface area contributed by atoms with Crippen LogP contribution in [0.5, 0.6) is 0 Å². The van der Waals surface area contributed by atoms with Gasteiger partial charge in [-0.15, -0.1) is 0 Å². The van der Waals surface area contributed by atoms with Gasteiger partial charge in [0.1, 0.15) is 19.3 Å². The van der Waals surface area contributed by atoms with E-state index in [0.29, 0.717) is 11.5 Å². The zero-order valence-electron chi connectivity index (χ0n) is 21.4. The number of carbonyl (C=O) groups excluding carboxylic acids is 3. The van der Waals surface area contributed by atoms with Crippen molar-refractivity contribution in [3.63, 3.8) is 0 Å². The third-order valence-corrected chi connectivity index (χ3v) is 6.51. The van der Waals surface area contributed by atoms with Crippen molar-refractivity contribution in [3.8, 4) is 0 Å². The SMILES string of the molecule is C[C@@H](NC(=O)CCSCC(OCc1ccccc1)C(=O)OCc1ccccc1)C(=O)OCc1ccccc1. The number of rotatable bonds is 15. The maximum absolute atomic E-state index is 12.8. The van der Waals surface area contributed by atoms with Gasteiger partial charge in [0.2, 0.25) is 5.91 Å². The van der Waals surface area contributed by atoms with Crippen molar-refractivity contribution >= 4 is 29.6 Å². The van der Waals surface area contributed by atoms with E-state index < -0.39 is 24.1 Å². The fourth-order valence-electron chi connectivity index (χ4n) is 3.36. The molecule has 7 nitrogen and oxygen atoms in total. The first-order valence-electron chi connectivity index (χ1n) is 12.4. The third-order valence-electron chi connectivity index (χ3n) is 5.48.